The zero-order valence-corrected chi connectivity index (χ0v) is 14.7. The van der Waals surface area contributed by atoms with Crippen LogP contribution in [0.5, 0.6) is 0 Å². The van der Waals surface area contributed by atoms with Gasteiger partial charge < -0.3 is 0 Å². The van der Waals surface area contributed by atoms with Gasteiger partial charge in [-0.25, -0.2) is 0 Å². The predicted molar refractivity (Wildman–Crippen MR) is 95.7 cm³/mol. The average Bonchev–Trinajstić information content (AvgIpc) is 2.49. The number of halogens is 1. The third kappa shape index (κ3) is 4.89. The van der Waals surface area contributed by atoms with Gasteiger partial charge in [-0.2, -0.15) is 0 Å². The maximum absolute atomic E-state index is 12.4. The summed E-state index contributed by atoms with van der Waals surface area (Å²) < 4.78 is 0. The molecule has 1 unspecified atom stereocenters. The highest BCUT2D eigenvalue weighted by Crippen LogP contribution is 2.29. The molecule has 0 amide bonds. The van der Waals surface area contributed by atoms with Crippen molar-refractivity contribution >= 4 is 28.5 Å². The van der Waals surface area contributed by atoms with E-state index in [1.165, 1.54) is 17.3 Å². The summed E-state index contributed by atoms with van der Waals surface area (Å²) in [5.41, 5.74) is 2.39. The van der Waals surface area contributed by atoms with Crippen LogP contribution in [0.2, 0.25) is 5.02 Å². The van der Waals surface area contributed by atoms with E-state index in [2.05, 4.69) is 38.1 Å². The van der Waals surface area contributed by atoms with Crippen molar-refractivity contribution in [2.75, 3.05) is 0 Å². The average molecular weight is 333 g/mol. The van der Waals surface area contributed by atoms with Crippen LogP contribution in [0.25, 0.3) is 0 Å². The highest BCUT2D eigenvalue weighted by atomic mass is 35.5. The lowest BCUT2D eigenvalue weighted by molar-refractivity contribution is -0.111. The van der Waals surface area contributed by atoms with Crippen molar-refractivity contribution in [3.05, 3.63) is 64.7 Å². The third-order valence-electron chi connectivity index (χ3n) is 3.51. The maximum Gasteiger partial charge on any atom is 0.200 e. The van der Waals surface area contributed by atoms with Crippen molar-refractivity contribution in [2.24, 2.45) is 5.92 Å². The fourth-order valence-corrected chi connectivity index (χ4v) is 3.20. The normalized spacial score (nSPS) is 12.4. The molecule has 0 heterocycles. The molecule has 0 fully saturated rings. The van der Waals surface area contributed by atoms with Crippen molar-refractivity contribution in [3.8, 4) is 0 Å². The second kappa shape index (κ2) is 7.85. The molecule has 22 heavy (non-hydrogen) atoms. The molecule has 2 aromatic rings. The number of carbonyl (C=O) groups is 1. The molecule has 1 nitrogen and oxygen atoms in total. The molecule has 0 N–H and O–H groups in total. The monoisotopic (exact) mass is 332 g/mol. The van der Waals surface area contributed by atoms with E-state index in [1.54, 1.807) is 0 Å². The Hall–Kier alpha value is -1.25. The van der Waals surface area contributed by atoms with Gasteiger partial charge in [0.1, 0.15) is 0 Å². The maximum atomic E-state index is 12.4. The fraction of sp³-hybridized carbons (Fsp3) is 0.316. The van der Waals surface area contributed by atoms with E-state index < -0.39 is 0 Å². The number of hydrogen-bond acceptors (Lipinski definition) is 2. The molecule has 0 spiro atoms. The molecule has 1 atom stereocenters. The molecule has 0 aliphatic heterocycles. The van der Waals surface area contributed by atoms with Crippen molar-refractivity contribution in [2.45, 2.75) is 38.0 Å². The van der Waals surface area contributed by atoms with Gasteiger partial charge in [-0.3, -0.25) is 4.79 Å². The number of rotatable bonds is 5. The quantitative estimate of drug-likeness (QED) is 0.628. The molecular weight excluding hydrogens is 312 g/mol. The largest absolute Gasteiger partial charge is 0.286 e. The number of hydrogen-bond donors (Lipinski definition) is 0. The van der Waals surface area contributed by atoms with Crippen LogP contribution in [0.4, 0.5) is 0 Å². The van der Waals surface area contributed by atoms with Crippen molar-refractivity contribution in [3.63, 3.8) is 0 Å². The Morgan fingerprint density at radius 1 is 1.00 bits per heavy atom. The molecule has 116 valence electrons. The summed E-state index contributed by atoms with van der Waals surface area (Å²) in [6, 6.07) is 15.8. The Morgan fingerprint density at radius 3 is 2.14 bits per heavy atom. The molecule has 0 aromatic heterocycles. The van der Waals surface area contributed by atoms with E-state index >= 15 is 0 Å². The summed E-state index contributed by atoms with van der Waals surface area (Å²) in [4.78, 5) is 13.3. The highest BCUT2D eigenvalue weighted by Gasteiger charge is 2.16. The van der Waals surface area contributed by atoms with Crippen LogP contribution < -0.4 is 0 Å². The standard InChI is InChI=1S/C19H21ClOS/c1-13(2)12-15-4-6-16(7-5-15)14(3)19(21)22-18-10-8-17(20)9-11-18/h4-11,13-14H,12H2,1-3H3. The minimum Gasteiger partial charge on any atom is -0.286 e. The minimum atomic E-state index is -0.117. The zero-order valence-electron chi connectivity index (χ0n) is 13.2. The molecule has 2 rings (SSSR count). The third-order valence-corrected chi connectivity index (χ3v) is 4.82. The van der Waals surface area contributed by atoms with Crippen LogP contribution in [0.15, 0.2) is 53.4 Å². The Labute approximate surface area is 142 Å². The van der Waals surface area contributed by atoms with Crippen molar-refractivity contribution in [1.82, 2.24) is 0 Å². The first-order valence-corrected chi connectivity index (χ1v) is 8.71. The first-order valence-electron chi connectivity index (χ1n) is 7.52. The molecular formula is C19H21ClOS. The SMILES string of the molecule is CC(C)Cc1ccc(C(C)C(=O)Sc2ccc(Cl)cc2)cc1. The lowest BCUT2D eigenvalue weighted by Crippen LogP contribution is -2.05. The Balaban J connectivity index is 2.02. The summed E-state index contributed by atoms with van der Waals surface area (Å²) in [6.45, 7) is 6.38. The van der Waals surface area contributed by atoms with Crippen molar-refractivity contribution in [1.29, 1.82) is 0 Å². The second-order valence-corrected chi connectivity index (χ2v) is 7.45. The number of thioether (sulfide) groups is 1. The molecule has 0 radical (unpaired) electrons. The van der Waals surface area contributed by atoms with E-state index in [0.717, 1.165) is 16.9 Å². The van der Waals surface area contributed by atoms with Gasteiger partial charge in [-0.1, -0.05) is 68.4 Å². The van der Waals surface area contributed by atoms with Crippen LogP contribution in [0.1, 0.15) is 37.8 Å². The van der Waals surface area contributed by atoms with Gasteiger partial charge in [0.2, 0.25) is 5.12 Å². The van der Waals surface area contributed by atoms with E-state index in [9.17, 15) is 4.79 Å². The minimum absolute atomic E-state index is 0.117. The van der Waals surface area contributed by atoms with Gasteiger partial charge in [0.15, 0.2) is 0 Å². The van der Waals surface area contributed by atoms with E-state index in [0.29, 0.717) is 10.9 Å². The molecule has 3 heteroatoms. The van der Waals surface area contributed by atoms with Gasteiger partial charge in [-0.05, 0) is 47.7 Å². The molecule has 0 saturated heterocycles. The summed E-state index contributed by atoms with van der Waals surface area (Å²) in [5, 5.41) is 0.838. The lowest BCUT2D eigenvalue weighted by Gasteiger charge is -2.12. The first kappa shape index (κ1) is 17.1. The van der Waals surface area contributed by atoms with Crippen LogP contribution in [0.3, 0.4) is 0 Å². The zero-order chi connectivity index (χ0) is 16.1. The van der Waals surface area contributed by atoms with Gasteiger partial charge in [0, 0.05) is 9.92 Å². The summed E-state index contributed by atoms with van der Waals surface area (Å²) in [7, 11) is 0. The van der Waals surface area contributed by atoms with Gasteiger partial charge in [0.25, 0.3) is 0 Å². The first-order chi connectivity index (χ1) is 10.5. The summed E-state index contributed by atoms with van der Waals surface area (Å²) >= 11 is 7.14. The molecule has 0 aliphatic rings. The van der Waals surface area contributed by atoms with Gasteiger partial charge >= 0.3 is 0 Å². The van der Waals surface area contributed by atoms with Crippen LogP contribution in [0, 0.1) is 5.92 Å². The van der Waals surface area contributed by atoms with Gasteiger partial charge in [-0.15, -0.1) is 0 Å². The lowest BCUT2D eigenvalue weighted by atomic mass is 9.97. The Kier molecular flexibility index (Phi) is 6.10. The summed E-state index contributed by atoms with van der Waals surface area (Å²) in [5.74, 6) is 0.527. The number of benzene rings is 2. The fourth-order valence-electron chi connectivity index (χ4n) is 2.26. The second-order valence-electron chi connectivity index (χ2n) is 5.94. The topological polar surface area (TPSA) is 17.1 Å². The summed E-state index contributed by atoms with van der Waals surface area (Å²) in [6.07, 6.45) is 1.07. The smallest absolute Gasteiger partial charge is 0.200 e. The van der Waals surface area contributed by atoms with Crippen molar-refractivity contribution < 1.29 is 4.79 Å². The predicted octanol–water partition coefficient (Wildman–Crippen LogP) is 5.96. The van der Waals surface area contributed by atoms with Crippen LogP contribution in [-0.4, -0.2) is 5.12 Å². The molecule has 2 aromatic carbocycles. The Bertz CT molecular complexity index is 617. The highest BCUT2D eigenvalue weighted by molar-refractivity contribution is 8.13. The van der Waals surface area contributed by atoms with E-state index in [-0.39, 0.29) is 11.0 Å². The van der Waals surface area contributed by atoms with E-state index in [4.69, 9.17) is 11.6 Å². The van der Waals surface area contributed by atoms with Crippen LogP contribution in [-0.2, 0) is 11.2 Å². The molecule has 0 bridgehead atoms. The Morgan fingerprint density at radius 2 is 1.59 bits per heavy atom. The molecule has 0 saturated carbocycles. The van der Waals surface area contributed by atoms with Crippen LogP contribution >= 0.6 is 23.4 Å². The van der Waals surface area contributed by atoms with E-state index in [1.807, 2.05) is 31.2 Å². The number of carbonyl (C=O) groups excluding carboxylic acids is 1. The van der Waals surface area contributed by atoms with Gasteiger partial charge in [0.05, 0.1) is 5.92 Å². The molecule has 0 aliphatic carbocycles.